The molecule has 3 heterocycles. The monoisotopic (exact) mass is 389 g/mol. The van der Waals surface area contributed by atoms with Gasteiger partial charge in [-0.3, -0.25) is 4.79 Å². The van der Waals surface area contributed by atoms with E-state index in [9.17, 15) is 4.79 Å². The van der Waals surface area contributed by atoms with Crippen molar-refractivity contribution in [1.29, 1.82) is 0 Å². The third kappa shape index (κ3) is 3.00. The molecule has 1 fully saturated rings. The lowest BCUT2D eigenvalue weighted by Gasteiger charge is -2.35. The van der Waals surface area contributed by atoms with Gasteiger partial charge in [0.05, 0.1) is 16.3 Å². The predicted molar refractivity (Wildman–Crippen MR) is 115 cm³/mol. The third-order valence-electron chi connectivity index (χ3n) is 5.73. The van der Waals surface area contributed by atoms with Crippen LogP contribution in [0, 0.1) is 6.92 Å². The van der Waals surface area contributed by atoms with Crippen molar-refractivity contribution in [2.24, 2.45) is 0 Å². The fourth-order valence-electron chi connectivity index (χ4n) is 4.30. The number of nitrogens with zero attached hydrogens (tertiary/aromatic N) is 3. The fraction of sp³-hybridized carbons (Fsp3) is 0.304. The lowest BCUT2D eigenvalue weighted by Crippen LogP contribution is -2.40. The molecule has 28 heavy (non-hydrogen) atoms. The van der Waals surface area contributed by atoms with Gasteiger partial charge in [-0.1, -0.05) is 30.3 Å². The fourth-order valence-corrected chi connectivity index (χ4v) is 5.42. The van der Waals surface area contributed by atoms with Crippen molar-refractivity contribution >= 4 is 38.4 Å². The number of carbonyl (C=O) groups excluding carboxylic acids is 1. The van der Waals surface area contributed by atoms with Crippen LogP contribution < -0.4 is 0 Å². The van der Waals surface area contributed by atoms with E-state index in [2.05, 4.69) is 46.7 Å². The number of aromatic nitrogens is 2. The molecule has 0 N–H and O–H groups in total. The zero-order valence-corrected chi connectivity index (χ0v) is 16.8. The number of hydrogen-bond donors (Lipinski definition) is 0. The van der Waals surface area contributed by atoms with Crippen LogP contribution in [0.4, 0.5) is 0 Å². The molecule has 0 spiro atoms. The van der Waals surface area contributed by atoms with Gasteiger partial charge in [0.25, 0.3) is 0 Å². The Balaban J connectivity index is 1.45. The summed E-state index contributed by atoms with van der Waals surface area (Å²) in [7, 11) is 0. The Kier molecular flexibility index (Phi) is 4.40. The van der Waals surface area contributed by atoms with Crippen LogP contribution in [-0.2, 0) is 11.3 Å². The zero-order chi connectivity index (χ0) is 19.1. The minimum Gasteiger partial charge on any atom is -0.335 e. The van der Waals surface area contributed by atoms with Crippen molar-refractivity contribution < 1.29 is 4.79 Å². The Morgan fingerprint density at radius 1 is 1.14 bits per heavy atom. The Labute approximate surface area is 168 Å². The lowest BCUT2D eigenvalue weighted by atomic mass is 10.0. The summed E-state index contributed by atoms with van der Waals surface area (Å²) in [6.45, 7) is 3.28. The van der Waals surface area contributed by atoms with Crippen molar-refractivity contribution in [2.75, 3.05) is 6.54 Å². The second-order valence-corrected chi connectivity index (χ2v) is 8.61. The smallest absolute Gasteiger partial charge is 0.243 e. The second kappa shape index (κ2) is 7.06. The van der Waals surface area contributed by atoms with E-state index in [1.54, 1.807) is 11.3 Å². The highest BCUT2D eigenvalue weighted by atomic mass is 32.1. The maximum absolute atomic E-state index is 13.3. The molecule has 5 heteroatoms. The van der Waals surface area contributed by atoms with Crippen LogP contribution in [0.2, 0.25) is 0 Å². The van der Waals surface area contributed by atoms with E-state index in [0.717, 1.165) is 47.5 Å². The zero-order valence-electron chi connectivity index (χ0n) is 16.0. The summed E-state index contributed by atoms with van der Waals surface area (Å²) in [5, 5.41) is 2.26. The first-order chi connectivity index (χ1) is 13.7. The molecule has 0 bridgehead atoms. The molecule has 1 aliphatic rings. The van der Waals surface area contributed by atoms with Crippen molar-refractivity contribution in [3.05, 3.63) is 65.3 Å². The maximum atomic E-state index is 13.3. The van der Waals surface area contributed by atoms with Gasteiger partial charge in [0, 0.05) is 17.8 Å². The summed E-state index contributed by atoms with van der Waals surface area (Å²) in [5.41, 5.74) is 3.29. The highest BCUT2D eigenvalue weighted by Gasteiger charge is 2.30. The number of aryl methyl sites for hydroxylation is 1. The number of amides is 1. The number of hydrogen-bond acceptors (Lipinski definition) is 3. The van der Waals surface area contributed by atoms with Crippen molar-refractivity contribution in [3.8, 4) is 0 Å². The summed E-state index contributed by atoms with van der Waals surface area (Å²) in [6.07, 6.45) is 3.21. The molecular formula is C23H23N3OS. The second-order valence-electron chi connectivity index (χ2n) is 7.55. The van der Waals surface area contributed by atoms with E-state index in [4.69, 9.17) is 4.98 Å². The molecule has 1 saturated heterocycles. The van der Waals surface area contributed by atoms with E-state index in [1.807, 2.05) is 24.3 Å². The van der Waals surface area contributed by atoms with Crippen LogP contribution in [0.3, 0.4) is 0 Å². The van der Waals surface area contributed by atoms with Crippen LogP contribution in [0.5, 0.6) is 0 Å². The van der Waals surface area contributed by atoms with Gasteiger partial charge < -0.3 is 9.47 Å². The van der Waals surface area contributed by atoms with Gasteiger partial charge in [-0.05, 0) is 55.8 Å². The molecular weight excluding hydrogens is 366 g/mol. The summed E-state index contributed by atoms with van der Waals surface area (Å²) >= 11 is 1.73. The Hall–Kier alpha value is -2.66. The normalized spacial score (nSPS) is 17.5. The van der Waals surface area contributed by atoms with E-state index in [-0.39, 0.29) is 11.9 Å². The summed E-state index contributed by atoms with van der Waals surface area (Å²) in [5.74, 6) is 0.188. The van der Waals surface area contributed by atoms with Crippen LogP contribution in [-0.4, -0.2) is 26.9 Å². The predicted octanol–water partition coefficient (Wildman–Crippen LogP) is 5.31. The molecule has 1 amide bonds. The maximum Gasteiger partial charge on any atom is 0.243 e. The van der Waals surface area contributed by atoms with Gasteiger partial charge in [-0.2, -0.15) is 0 Å². The molecule has 142 valence electrons. The quantitative estimate of drug-likeness (QED) is 0.476. The van der Waals surface area contributed by atoms with E-state index >= 15 is 0 Å². The number of piperidine rings is 1. The van der Waals surface area contributed by atoms with Gasteiger partial charge in [0.1, 0.15) is 11.6 Å². The van der Waals surface area contributed by atoms with Gasteiger partial charge in [0.15, 0.2) is 0 Å². The van der Waals surface area contributed by atoms with Crippen molar-refractivity contribution in [2.45, 2.75) is 38.8 Å². The number of likely N-dealkylation sites (tertiary alicyclic amines) is 1. The number of fused-ring (bicyclic) bond motifs is 2. The molecule has 1 atom stereocenters. The highest BCUT2D eigenvalue weighted by molar-refractivity contribution is 7.18. The minimum absolute atomic E-state index is 0.0979. The number of rotatable bonds is 3. The number of carbonyl (C=O) groups is 1. The van der Waals surface area contributed by atoms with Crippen LogP contribution in [0.1, 0.15) is 36.0 Å². The number of benzene rings is 2. The van der Waals surface area contributed by atoms with Gasteiger partial charge in [-0.25, -0.2) is 4.98 Å². The Bertz CT molecular complexity index is 1130. The summed E-state index contributed by atoms with van der Waals surface area (Å²) in [6, 6.07) is 18.8. The average molecular weight is 390 g/mol. The van der Waals surface area contributed by atoms with Crippen molar-refractivity contribution in [3.63, 3.8) is 0 Å². The van der Waals surface area contributed by atoms with Crippen LogP contribution in [0.25, 0.3) is 21.1 Å². The molecule has 0 radical (unpaired) electrons. The minimum atomic E-state index is 0.0979. The molecule has 0 saturated carbocycles. The SMILES string of the molecule is Cc1cc2ccccc2n1CC(=O)N1CCCC[C@@H]1c1nc2ccccc2s1. The number of para-hydroxylation sites is 2. The molecule has 4 nitrogen and oxygen atoms in total. The first-order valence-electron chi connectivity index (χ1n) is 9.90. The highest BCUT2D eigenvalue weighted by Crippen LogP contribution is 2.36. The molecule has 0 unspecified atom stereocenters. The van der Waals surface area contributed by atoms with Gasteiger partial charge in [0.2, 0.25) is 5.91 Å². The molecule has 2 aromatic carbocycles. The summed E-state index contributed by atoms with van der Waals surface area (Å²) < 4.78 is 3.34. The van der Waals surface area contributed by atoms with Gasteiger partial charge in [-0.15, -0.1) is 11.3 Å². The summed E-state index contributed by atoms with van der Waals surface area (Å²) in [4.78, 5) is 20.3. The Morgan fingerprint density at radius 3 is 2.86 bits per heavy atom. The van der Waals surface area contributed by atoms with Crippen LogP contribution in [0.15, 0.2) is 54.6 Å². The van der Waals surface area contributed by atoms with Crippen molar-refractivity contribution in [1.82, 2.24) is 14.5 Å². The first kappa shape index (κ1) is 17.4. The Morgan fingerprint density at radius 2 is 1.96 bits per heavy atom. The topological polar surface area (TPSA) is 38.1 Å². The molecule has 0 aliphatic carbocycles. The third-order valence-corrected chi connectivity index (χ3v) is 6.87. The lowest BCUT2D eigenvalue weighted by molar-refractivity contribution is -0.135. The average Bonchev–Trinajstić information content (AvgIpc) is 3.29. The van der Waals surface area contributed by atoms with E-state index in [1.165, 1.54) is 10.1 Å². The van der Waals surface area contributed by atoms with Gasteiger partial charge >= 0.3 is 0 Å². The molecule has 1 aliphatic heterocycles. The van der Waals surface area contributed by atoms with E-state index < -0.39 is 0 Å². The van der Waals surface area contributed by atoms with E-state index in [0.29, 0.717) is 6.54 Å². The van der Waals surface area contributed by atoms with Crippen LogP contribution >= 0.6 is 11.3 Å². The largest absolute Gasteiger partial charge is 0.335 e. The molecule has 2 aromatic heterocycles. The standard InChI is InChI=1S/C23H23N3OS/c1-16-14-17-8-2-4-10-19(17)26(16)15-22(27)25-13-7-6-11-20(25)23-24-18-9-3-5-12-21(18)28-23/h2-5,8-10,12,14,20H,6-7,11,13,15H2,1H3/t20-/m1/s1. The molecule has 5 rings (SSSR count). The molecule has 4 aromatic rings. The number of thiazole rings is 1. The first-order valence-corrected chi connectivity index (χ1v) is 10.7.